The Morgan fingerprint density at radius 2 is 2.20 bits per heavy atom. The third-order valence-electron chi connectivity index (χ3n) is 3.79. The van der Waals surface area contributed by atoms with Gasteiger partial charge in [0.2, 0.25) is 5.13 Å². The Morgan fingerprint density at radius 3 is 2.96 bits per heavy atom. The summed E-state index contributed by atoms with van der Waals surface area (Å²) in [4.78, 5) is 27.5. The molecular weight excluding hydrogens is 358 g/mol. The summed E-state index contributed by atoms with van der Waals surface area (Å²) < 4.78 is 1.66. The highest BCUT2D eigenvalue weighted by atomic mass is 32.1. The van der Waals surface area contributed by atoms with Crippen molar-refractivity contribution in [2.24, 2.45) is 7.05 Å². The quantitative estimate of drug-likeness (QED) is 0.669. The molecule has 0 saturated heterocycles. The molecule has 0 unspecified atom stereocenters. The second-order valence-electron chi connectivity index (χ2n) is 5.61. The van der Waals surface area contributed by atoms with Gasteiger partial charge in [-0.1, -0.05) is 24.7 Å². The van der Waals surface area contributed by atoms with Gasteiger partial charge >= 0.3 is 0 Å². The van der Waals surface area contributed by atoms with Gasteiger partial charge < -0.3 is 4.98 Å². The van der Waals surface area contributed by atoms with Crippen LogP contribution in [0, 0.1) is 4.77 Å². The van der Waals surface area contributed by atoms with E-state index < -0.39 is 0 Å². The summed E-state index contributed by atoms with van der Waals surface area (Å²) in [5.74, 6) is -0.305. The maximum Gasteiger partial charge on any atom is 0.261 e. The third-order valence-corrected chi connectivity index (χ3v) is 5.07. The molecule has 0 fully saturated rings. The molecule has 0 aliphatic carbocycles. The molecule has 0 radical (unpaired) electrons. The van der Waals surface area contributed by atoms with Crippen molar-refractivity contribution < 1.29 is 4.79 Å². The zero-order valence-electron chi connectivity index (χ0n) is 13.8. The van der Waals surface area contributed by atoms with Crippen LogP contribution in [0.5, 0.6) is 0 Å². The standard InChI is InChI=1S/C16H17N5O2S2/c1-3-4-5-12-19-20-15(25-12)18-13(22)9-6-7-10-11(8-9)17-16(24)21(2)14(10)23/h6-8H,3-5H2,1-2H3,(H,17,24)(H,18,20,22). The molecule has 2 aromatic heterocycles. The van der Waals surface area contributed by atoms with Crippen molar-refractivity contribution in [2.75, 3.05) is 5.32 Å². The summed E-state index contributed by atoms with van der Waals surface area (Å²) in [5.41, 5.74) is 0.744. The number of hydrogen-bond donors (Lipinski definition) is 2. The molecule has 1 amide bonds. The summed E-state index contributed by atoms with van der Waals surface area (Å²) in [6, 6.07) is 4.83. The lowest BCUT2D eigenvalue weighted by Gasteiger charge is -2.05. The summed E-state index contributed by atoms with van der Waals surface area (Å²) in [5, 5.41) is 12.7. The lowest BCUT2D eigenvalue weighted by atomic mass is 10.1. The van der Waals surface area contributed by atoms with Crippen LogP contribution in [-0.2, 0) is 13.5 Å². The van der Waals surface area contributed by atoms with E-state index in [-0.39, 0.29) is 11.5 Å². The Hall–Kier alpha value is -2.39. The van der Waals surface area contributed by atoms with E-state index in [2.05, 4.69) is 27.4 Å². The number of aromatic nitrogens is 4. The number of carbonyl (C=O) groups is 1. The van der Waals surface area contributed by atoms with Crippen LogP contribution < -0.4 is 10.9 Å². The smallest absolute Gasteiger partial charge is 0.261 e. The molecule has 0 aliphatic rings. The van der Waals surface area contributed by atoms with Crippen LogP contribution in [0.4, 0.5) is 5.13 Å². The normalized spacial score (nSPS) is 11.0. The molecule has 0 atom stereocenters. The Labute approximate surface area is 152 Å². The highest BCUT2D eigenvalue weighted by Crippen LogP contribution is 2.19. The lowest BCUT2D eigenvalue weighted by molar-refractivity contribution is 0.102. The number of nitrogens with zero attached hydrogens (tertiary/aromatic N) is 3. The van der Waals surface area contributed by atoms with E-state index in [0.29, 0.717) is 26.4 Å². The molecule has 1 aromatic carbocycles. The van der Waals surface area contributed by atoms with Crippen LogP contribution in [0.25, 0.3) is 10.9 Å². The first-order chi connectivity index (χ1) is 12.0. The van der Waals surface area contributed by atoms with Crippen LogP contribution in [-0.4, -0.2) is 25.7 Å². The van der Waals surface area contributed by atoms with Gasteiger partial charge in [0.1, 0.15) is 5.01 Å². The SMILES string of the molecule is CCCCc1nnc(NC(=O)c2ccc3c(=O)n(C)c(=S)[nH]c3c2)s1. The molecular formula is C16H17N5O2S2. The minimum atomic E-state index is -0.305. The highest BCUT2D eigenvalue weighted by molar-refractivity contribution is 7.71. The predicted octanol–water partition coefficient (Wildman–Crippen LogP) is 3.04. The number of aryl methyl sites for hydroxylation is 1. The zero-order valence-corrected chi connectivity index (χ0v) is 15.5. The number of nitrogens with one attached hydrogen (secondary N) is 2. The second kappa shape index (κ2) is 7.24. The topological polar surface area (TPSA) is 92.7 Å². The molecule has 7 nitrogen and oxygen atoms in total. The van der Waals surface area contributed by atoms with E-state index in [1.165, 1.54) is 15.9 Å². The number of unbranched alkanes of at least 4 members (excludes halogenated alkanes) is 1. The lowest BCUT2D eigenvalue weighted by Crippen LogP contribution is -2.19. The minimum Gasteiger partial charge on any atom is -0.332 e. The van der Waals surface area contributed by atoms with Gasteiger partial charge in [-0.25, -0.2) is 0 Å². The fourth-order valence-corrected chi connectivity index (χ4v) is 3.32. The average Bonchev–Trinajstić information content (AvgIpc) is 3.04. The Balaban J connectivity index is 1.85. The van der Waals surface area contributed by atoms with E-state index in [1.54, 1.807) is 25.2 Å². The third kappa shape index (κ3) is 3.67. The number of rotatable bonds is 5. The number of fused-ring (bicyclic) bond motifs is 1. The number of amides is 1. The fourth-order valence-electron chi connectivity index (χ4n) is 2.35. The first-order valence-corrected chi connectivity index (χ1v) is 9.09. The van der Waals surface area contributed by atoms with Crippen molar-refractivity contribution in [3.05, 3.63) is 43.9 Å². The summed E-state index contributed by atoms with van der Waals surface area (Å²) >= 11 is 6.48. The van der Waals surface area contributed by atoms with E-state index in [1.807, 2.05) is 0 Å². The molecule has 0 saturated carbocycles. The molecule has 0 bridgehead atoms. The summed E-state index contributed by atoms with van der Waals surface area (Å²) in [7, 11) is 1.60. The molecule has 2 heterocycles. The number of anilines is 1. The summed E-state index contributed by atoms with van der Waals surface area (Å²) in [6.45, 7) is 2.11. The van der Waals surface area contributed by atoms with Gasteiger partial charge in [-0.2, -0.15) is 0 Å². The monoisotopic (exact) mass is 375 g/mol. The fraction of sp³-hybridized carbons (Fsp3) is 0.312. The number of benzene rings is 1. The maximum atomic E-state index is 12.4. The van der Waals surface area contributed by atoms with Gasteiger partial charge in [0, 0.05) is 19.0 Å². The predicted molar refractivity (Wildman–Crippen MR) is 101 cm³/mol. The number of carbonyl (C=O) groups excluding carboxylic acids is 1. The number of aromatic amines is 1. The zero-order chi connectivity index (χ0) is 18.0. The molecule has 3 rings (SSSR count). The minimum absolute atomic E-state index is 0.199. The van der Waals surface area contributed by atoms with Crippen LogP contribution in [0.2, 0.25) is 0 Å². The van der Waals surface area contributed by atoms with Gasteiger partial charge in [-0.3, -0.25) is 19.5 Å². The number of hydrogen-bond acceptors (Lipinski definition) is 6. The Bertz CT molecular complexity index is 1050. The van der Waals surface area contributed by atoms with Crippen LogP contribution in [0.15, 0.2) is 23.0 Å². The van der Waals surface area contributed by atoms with Gasteiger partial charge in [0.05, 0.1) is 10.9 Å². The van der Waals surface area contributed by atoms with E-state index >= 15 is 0 Å². The van der Waals surface area contributed by atoms with Gasteiger partial charge in [-0.05, 0) is 36.8 Å². The van der Waals surface area contributed by atoms with Crippen molar-refractivity contribution in [3.8, 4) is 0 Å². The molecule has 25 heavy (non-hydrogen) atoms. The molecule has 9 heteroatoms. The second-order valence-corrected chi connectivity index (χ2v) is 7.06. The largest absolute Gasteiger partial charge is 0.332 e. The van der Waals surface area contributed by atoms with Crippen LogP contribution in [0.3, 0.4) is 0 Å². The van der Waals surface area contributed by atoms with Gasteiger partial charge in [0.15, 0.2) is 4.77 Å². The van der Waals surface area contributed by atoms with Gasteiger partial charge in [-0.15, -0.1) is 10.2 Å². The van der Waals surface area contributed by atoms with Crippen molar-refractivity contribution in [2.45, 2.75) is 26.2 Å². The molecule has 3 aromatic rings. The van der Waals surface area contributed by atoms with Crippen molar-refractivity contribution in [1.82, 2.24) is 19.7 Å². The average molecular weight is 375 g/mol. The maximum absolute atomic E-state index is 12.4. The van der Waals surface area contributed by atoms with E-state index in [4.69, 9.17) is 12.2 Å². The molecule has 130 valence electrons. The Morgan fingerprint density at radius 1 is 1.40 bits per heavy atom. The van der Waals surface area contributed by atoms with Crippen molar-refractivity contribution >= 4 is 45.5 Å². The number of H-pyrrole nitrogens is 1. The van der Waals surface area contributed by atoms with Crippen molar-refractivity contribution in [3.63, 3.8) is 0 Å². The first kappa shape index (κ1) is 17.4. The van der Waals surface area contributed by atoms with Gasteiger partial charge in [0.25, 0.3) is 11.5 Å². The highest BCUT2D eigenvalue weighted by Gasteiger charge is 2.12. The molecule has 0 aliphatic heterocycles. The Kier molecular flexibility index (Phi) is 5.05. The molecule has 2 N–H and O–H groups in total. The summed E-state index contributed by atoms with van der Waals surface area (Å²) in [6.07, 6.45) is 2.99. The van der Waals surface area contributed by atoms with E-state index in [0.717, 1.165) is 24.3 Å². The first-order valence-electron chi connectivity index (χ1n) is 7.86. The molecule has 0 spiro atoms. The van der Waals surface area contributed by atoms with E-state index in [9.17, 15) is 9.59 Å². The van der Waals surface area contributed by atoms with Crippen LogP contribution in [0.1, 0.15) is 35.1 Å². The van der Waals surface area contributed by atoms with Crippen LogP contribution >= 0.6 is 23.6 Å². The van der Waals surface area contributed by atoms with Crippen molar-refractivity contribution in [1.29, 1.82) is 0 Å².